The molecule has 3 aromatic rings. The Kier molecular flexibility index (Phi) is 7.11. The van der Waals surface area contributed by atoms with E-state index in [2.05, 4.69) is 25.0 Å². The summed E-state index contributed by atoms with van der Waals surface area (Å²) in [5, 5.41) is 4.08. The van der Waals surface area contributed by atoms with Gasteiger partial charge in [-0.1, -0.05) is 11.2 Å². The maximum Gasteiger partial charge on any atom is 0.159 e. The summed E-state index contributed by atoms with van der Waals surface area (Å²) in [6, 6.07) is 7.47. The molecule has 1 aliphatic heterocycles. The number of rotatable bonds is 7. The van der Waals surface area contributed by atoms with Gasteiger partial charge in [0.2, 0.25) is 0 Å². The lowest BCUT2D eigenvalue weighted by molar-refractivity contribution is 0.159. The van der Waals surface area contributed by atoms with Crippen LogP contribution in [0.15, 0.2) is 60.4 Å². The van der Waals surface area contributed by atoms with Crippen molar-refractivity contribution < 1.29 is 13.6 Å². The quantitative estimate of drug-likeness (QED) is 0.407. The van der Waals surface area contributed by atoms with Crippen molar-refractivity contribution in [2.75, 3.05) is 19.7 Å². The van der Waals surface area contributed by atoms with E-state index in [1.54, 1.807) is 19.4 Å². The number of piperidine rings is 1. The summed E-state index contributed by atoms with van der Waals surface area (Å²) in [5.74, 6) is -1.34. The second-order valence-electron chi connectivity index (χ2n) is 7.76. The molecule has 0 atom stereocenters. The van der Waals surface area contributed by atoms with E-state index in [1.807, 2.05) is 24.5 Å². The molecule has 166 valence electrons. The summed E-state index contributed by atoms with van der Waals surface area (Å²) >= 11 is 0. The van der Waals surface area contributed by atoms with Gasteiger partial charge < -0.3 is 4.84 Å². The molecule has 0 radical (unpaired) electrons. The topological polar surface area (TPSA) is 63.5 Å². The number of hydrogen-bond donors (Lipinski definition) is 0. The Morgan fingerprint density at radius 1 is 1.06 bits per heavy atom. The predicted molar refractivity (Wildman–Crippen MR) is 117 cm³/mol. The third kappa shape index (κ3) is 5.31. The molecule has 4 rings (SSSR count). The molecule has 32 heavy (non-hydrogen) atoms. The molecule has 8 heteroatoms. The van der Waals surface area contributed by atoms with Crippen LogP contribution in [0.25, 0.3) is 0 Å². The minimum Gasteiger partial charge on any atom is -0.396 e. The van der Waals surface area contributed by atoms with Crippen LogP contribution >= 0.6 is 0 Å². The van der Waals surface area contributed by atoms with Gasteiger partial charge in [-0.05, 0) is 74.2 Å². The van der Waals surface area contributed by atoms with Crippen molar-refractivity contribution in [2.45, 2.75) is 32.2 Å². The lowest BCUT2D eigenvalue weighted by atomic mass is 9.91. The summed E-state index contributed by atoms with van der Waals surface area (Å²) in [7, 11) is 0. The highest BCUT2D eigenvalue weighted by Gasteiger charge is 2.21. The van der Waals surface area contributed by atoms with E-state index in [-0.39, 0.29) is 0 Å². The Balaban J connectivity index is 1.42. The van der Waals surface area contributed by atoms with Gasteiger partial charge in [-0.15, -0.1) is 0 Å². The van der Waals surface area contributed by atoms with Crippen molar-refractivity contribution in [1.82, 2.24) is 19.9 Å². The van der Waals surface area contributed by atoms with Gasteiger partial charge in [-0.3, -0.25) is 9.88 Å². The Morgan fingerprint density at radius 2 is 1.84 bits per heavy atom. The molecule has 0 unspecified atom stereocenters. The maximum atomic E-state index is 13.7. The van der Waals surface area contributed by atoms with Crippen LogP contribution in [0.3, 0.4) is 0 Å². The molecule has 2 aromatic heterocycles. The average molecular weight is 437 g/mol. The highest BCUT2D eigenvalue weighted by molar-refractivity contribution is 6.11. The molecule has 0 aliphatic carbocycles. The van der Waals surface area contributed by atoms with E-state index in [9.17, 15) is 8.78 Å². The van der Waals surface area contributed by atoms with E-state index in [1.165, 1.54) is 11.6 Å². The Hall–Kier alpha value is -3.26. The van der Waals surface area contributed by atoms with E-state index in [0.717, 1.165) is 50.2 Å². The van der Waals surface area contributed by atoms with Crippen LogP contribution in [0.4, 0.5) is 8.78 Å². The third-order valence-electron chi connectivity index (χ3n) is 5.59. The van der Waals surface area contributed by atoms with Gasteiger partial charge in [-0.25, -0.2) is 18.7 Å². The second kappa shape index (κ2) is 10.4. The van der Waals surface area contributed by atoms with Crippen molar-refractivity contribution in [2.24, 2.45) is 5.16 Å². The third-order valence-corrected chi connectivity index (χ3v) is 5.59. The first-order chi connectivity index (χ1) is 15.6. The number of pyridine rings is 1. The number of oxime groups is 1. The first-order valence-corrected chi connectivity index (χ1v) is 10.7. The van der Waals surface area contributed by atoms with E-state index in [4.69, 9.17) is 4.84 Å². The van der Waals surface area contributed by atoms with Gasteiger partial charge in [0.15, 0.2) is 11.6 Å². The van der Waals surface area contributed by atoms with Gasteiger partial charge in [0, 0.05) is 30.7 Å². The zero-order chi connectivity index (χ0) is 22.3. The highest BCUT2D eigenvalue weighted by Crippen LogP contribution is 2.27. The monoisotopic (exact) mass is 437 g/mol. The summed E-state index contributed by atoms with van der Waals surface area (Å²) in [4.78, 5) is 20.4. The molecule has 0 spiro atoms. The van der Waals surface area contributed by atoms with Crippen LogP contribution < -0.4 is 0 Å². The molecule has 1 fully saturated rings. The summed E-state index contributed by atoms with van der Waals surface area (Å²) in [6.07, 6.45) is 9.31. The van der Waals surface area contributed by atoms with Crippen molar-refractivity contribution in [1.29, 1.82) is 0 Å². The first kappa shape index (κ1) is 22.0. The van der Waals surface area contributed by atoms with Gasteiger partial charge >= 0.3 is 0 Å². The number of likely N-dealkylation sites (tertiary alicyclic amines) is 1. The molecule has 6 nitrogen and oxygen atoms in total. The van der Waals surface area contributed by atoms with Crippen LogP contribution in [0.1, 0.15) is 48.1 Å². The number of nitrogens with zero attached hydrogens (tertiary/aromatic N) is 5. The molecule has 1 saturated heterocycles. The second-order valence-corrected chi connectivity index (χ2v) is 7.76. The molecule has 1 aliphatic rings. The van der Waals surface area contributed by atoms with Crippen LogP contribution in [0, 0.1) is 11.6 Å². The highest BCUT2D eigenvalue weighted by atomic mass is 19.2. The maximum absolute atomic E-state index is 13.7. The molecule has 0 amide bonds. The lowest BCUT2D eigenvalue weighted by Gasteiger charge is -2.31. The number of halogens is 2. The van der Waals surface area contributed by atoms with Gasteiger partial charge in [0.1, 0.15) is 18.6 Å². The number of aromatic nitrogens is 3. The van der Waals surface area contributed by atoms with Crippen LogP contribution in [0.2, 0.25) is 0 Å². The van der Waals surface area contributed by atoms with Crippen molar-refractivity contribution in [3.8, 4) is 0 Å². The predicted octanol–water partition coefficient (Wildman–Crippen LogP) is 4.32. The SMILES string of the molecule is CCON=C(c1ccc(F)c(F)c1)c1ccc(CN2CCC(c3cncnc3)CC2)cn1. The zero-order valence-corrected chi connectivity index (χ0v) is 17.9. The number of benzene rings is 1. The van der Waals surface area contributed by atoms with Gasteiger partial charge in [0.05, 0.1) is 5.69 Å². The normalized spacial score (nSPS) is 15.7. The van der Waals surface area contributed by atoms with Crippen LogP contribution in [-0.4, -0.2) is 45.3 Å². The Morgan fingerprint density at radius 3 is 2.50 bits per heavy atom. The lowest BCUT2D eigenvalue weighted by Crippen LogP contribution is -2.32. The molecule has 0 bridgehead atoms. The largest absolute Gasteiger partial charge is 0.396 e. The summed E-state index contributed by atoms with van der Waals surface area (Å²) in [5.41, 5.74) is 3.59. The van der Waals surface area contributed by atoms with E-state index < -0.39 is 11.6 Å². The zero-order valence-electron chi connectivity index (χ0n) is 17.9. The average Bonchev–Trinajstić information content (AvgIpc) is 2.83. The molecule has 0 saturated carbocycles. The Labute approximate surface area is 186 Å². The molecule has 3 heterocycles. The molecule has 1 aromatic carbocycles. The fourth-order valence-corrected chi connectivity index (χ4v) is 3.88. The Bertz CT molecular complexity index is 1050. The van der Waals surface area contributed by atoms with Gasteiger partial charge in [0.25, 0.3) is 0 Å². The van der Waals surface area contributed by atoms with Crippen molar-refractivity contribution >= 4 is 5.71 Å². The fraction of sp³-hybridized carbons (Fsp3) is 0.333. The summed E-state index contributed by atoms with van der Waals surface area (Å²) < 4.78 is 27.1. The van der Waals surface area contributed by atoms with Gasteiger partial charge in [-0.2, -0.15) is 0 Å². The smallest absolute Gasteiger partial charge is 0.159 e. The van der Waals surface area contributed by atoms with E-state index >= 15 is 0 Å². The van der Waals surface area contributed by atoms with Crippen molar-refractivity contribution in [3.05, 3.63) is 89.3 Å². The minimum atomic E-state index is -0.936. The molecular formula is C24H25F2N5O. The standard InChI is InChI=1S/C24H25F2N5O/c1-2-32-30-24(19-4-5-21(25)22(26)11-19)23-6-3-17(12-29-23)15-31-9-7-18(8-10-31)20-13-27-16-28-14-20/h3-6,11-14,16,18H,2,7-10,15H2,1H3. The molecular weight excluding hydrogens is 412 g/mol. The number of hydrogen-bond acceptors (Lipinski definition) is 6. The van der Waals surface area contributed by atoms with E-state index in [0.29, 0.717) is 29.5 Å². The van der Waals surface area contributed by atoms with Crippen molar-refractivity contribution in [3.63, 3.8) is 0 Å². The first-order valence-electron chi connectivity index (χ1n) is 10.7. The van der Waals surface area contributed by atoms with Crippen LogP contribution in [0.5, 0.6) is 0 Å². The minimum absolute atomic E-state index is 0.357. The fourth-order valence-electron chi connectivity index (χ4n) is 3.88. The van der Waals surface area contributed by atoms with Crippen LogP contribution in [-0.2, 0) is 11.4 Å². The molecule has 0 N–H and O–H groups in total. The summed E-state index contributed by atoms with van der Waals surface area (Å²) in [6.45, 7) is 4.95.